The first-order chi connectivity index (χ1) is 13.0. The molecule has 0 aliphatic carbocycles. The third-order valence-corrected chi connectivity index (χ3v) is 4.79. The summed E-state index contributed by atoms with van der Waals surface area (Å²) in [5.41, 5.74) is 2.45. The van der Waals surface area contributed by atoms with E-state index >= 15 is 0 Å². The summed E-state index contributed by atoms with van der Waals surface area (Å²) < 4.78 is 5.39. The Hall–Kier alpha value is -3.05. The van der Waals surface area contributed by atoms with Crippen molar-refractivity contribution in [1.82, 2.24) is 4.90 Å². The molecule has 1 aliphatic rings. The van der Waals surface area contributed by atoms with E-state index in [9.17, 15) is 9.59 Å². The van der Waals surface area contributed by atoms with Crippen LogP contribution in [0, 0.1) is 6.92 Å². The van der Waals surface area contributed by atoms with Crippen LogP contribution in [0.3, 0.4) is 0 Å². The number of ether oxygens (including phenoxy) is 1. The molecular formula is C21H19ClN2O3. The highest BCUT2D eigenvalue weighted by atomic mass is 35.5. The summed E-state index contributed by atoms with van der Waals surface area (Å²) in [6.45, 7) is 5.60. The maximum Gasteiger partial charge on any atom is 0.278 e. The number of nitrogens with zero attached hydrogens (tertiary/aromatic N) is 1. The summed E-state index contributed by atoms with van der Waals surface area (Å²) in [6, 6.07) is 12.5. The number of para-hydroxylation sites is 1. The van der Waals surface area contributed by atoms with Crippen molar-refractivity contribution in [3.05, 3.63) is 77.0 Å². The monoisotopic (exact) mass is 382 g/mol. The Bertz CT molecular complexity index is 966. The van der Waals surface area contributed by atoms with Gasteiger partial charge >= 0.3 is 0 Å². The Balaban J connectivity index is 2.17. The second kappa shape index (κ2) is 7.68. The third kappa shape index (κ3) is 3.34. The average molecular weight is 383 g/mol. The van der Waals surface area contributed by atoms with Crippen LogP contribution in [0.25, 0.3) is 5.57 Å². The molecule has 138 valence electrons. The first-order valence-corrected chi connectivity index (χ1v) is 8.74. The van der Waals surface area contributed by atoms with E-state index in [-0.39, 0.29) is 17.8 Å². The first kappa shape index (κ1) is 18.7. The van der Waals surface area contributed by atoms with Gasteiger partial charge in [-0.05, 0) is 30.7 Å². The molecular weight excluding hydrogens is 364 g/mol. The molecule has 6 heteroatoms. The van der Waals surface area contributed by atoms with Crippen LogP contribution in [0.5, 0.6) is 5.75 Å². The molecule has 5 nitrogen and oxygen atoms in total. The van der Waals surface area contributed by atoms with Crippen molar-refractivity contribution >= 4 is 34.7 Å². The zero-order chi connectivity index (χ0) is 19.6. The Morgan fingerprint density at radius 1 is 1.15 bits per heavy atom. The predicted molar refractivity (Wildman–Crippen MR) is 107 cm³/mol. The number of carbonyl (C=O) groups is 2. The minimum absolute atomic E-state index is 0.121. The van der Waals surface area contributed by atoms with Gasteiger partial charge in [0.15, 0.2) is 0 Å². The van der Waals surface area contributed by atoms with Gasteiger partial charge < -0.3 is 10.1 Å². The lowest BCUT2D eigenvalue weighted by atomic mass is 10.0. The van der Waals surface area contributed by atoms with Gasteiger partial charge in [-0.1, -0.05) is 41.9 Å². The first-order valence-electron chi connectivity index (χ1n) is 8.36. The molecule has 2 amide bonds. The van der Waals surface area contributed by atoms with E-state index in [1.54, 1.807) is 36.4 Å². The Morgan fingerprint density at radius 3 is 2.59 bits per heavy atom. The zero-order valence-corrected chi connectivity index (χ0v) is 15.8. The van der Waals surface area contributed by atoms with Crippen molar-refractivity contribution in [2.24, 2.45) is 0 Å². The number of methoxy groups -OCH3 is 1. The number of benzene rings is 2. The van der Waals surface area contributed by atoms with Crippen molar-refractivity contribution in [1.29, 1.82) is 0 Å². The lowest BCUT2D eigenvalue weighted by Crippen LogP contribution is -2.32. The summed E-state index contributed by atoms with van der Waals surface area (Å²) in [5.74, 6) is -0.303. The number of carbonyl (C=O) groups excluding carboxylic acids is 2. The van der Waals surface area contributed by atoms with Gasteiger partial charge in [-0.3, -0.25) is 14.5 Å². The predicted octanol–water partition coefficient (Wildman–Crippen LogP) is 4.04. The van der Waals surface area contributed by atoms with Crippen molar-refractivity contribution in [3.8, 4) is 5.75 Å². The third-order valence-electron chi connectivity index (χ3n) is 4.38. The molecule has 0 unspecified atom stereocenters. The fraction of sp³-hybridized carbons (Fsp3) is 0.143. The fourth-order valence-corrected chi connectivity index (χ4v) is 3.14. The van der Waals surface area contributed by atoms with E-state index in [0.717, 1.165) is 10.5 Å². The number of imide groups is 1. The fourth-order valence-electron chi connectivity index (χ4n) is 2.97. The molecule has 1 N–H and O–H groups in total. The maximum absolute atomic E-state index is 13.0. The Labute approximate surface area is 162 Å². The van der Waals surface area contributed by atoms with Crippen molar-refractivity contribution in [2.45, 2.75) is 6.92 Å². The topological polar surface area (TPSA) is 58.6 Å². The molecule has 3 rings (SSSR count). The van der Waals surface area contributed by atoms with Crippen LogP contribution < -0.4 is 10.1 Å². The van der Waals surface area contributed by atoms with Gasteiger partial charge in [0, 0.05) is 22.8 Å². The summed E-state index contributed by atoms with van der Waals surface area (Å²) in [4.78, 5) is 27.1. The van der Waals surface area contributed by atoms with Gasteiger partial charge in [0.2, 0.25) is 0 Å². The largest absolute Gasteiger partial charge is 0.496 e. The van der Waals surface area contributed by atoms with Crippen LogP contribution in [0.15, 0.2) is 60.8 Å². The normalized spacial score (nSPS) is 14.0. The highest BCUT2D eigenvalue weighted by Gasteiger charge is 2.39. The second-order valence-electron chi connectivity index (χ2n) is 6.00. The number of hydrogen-bond acceptors (Lipinski definition) is 4. The van der Waals surface area contributed by atoms with E-state index < -0.39 is 11.8 Å². The number of rotatable bonds is 6. The smallest absolute Gasteiger partial charge is 0.278 e. The number of hydrogen-bond donors (Lipinski definition) is 1. The van der Waals surface area contributed by atoms with Gasteiger partial charge in [0.1, 0.15) is 11.4 Å². The molecule has 0 radical (unpaired) electrons. The quantitative estimate of drug-likeness (QED) is 0.605. The molecule has 27 heavy (non-hydrogen) atoms. The molecule has 0 fully saturated rings. The Kier molecular flexibility index (Phi) is 5.33. The van der Waals surface area contributed by atoms with Crippen molar-refractivity contribution in [3.63, 3.8) is 0 Å². The van der Waals surface area contributed by atoms with E-state index in [2.05, 4.69) is 11.9 Å². The van der Waals surface area contributed by atoms with Gasteiger partial charge in [-0.15, -0.1) is 6.58 Å². The summed E-state index contributed by atoms with van der Waals surface area (Å²) in [7, 11) is 1.52. The minimum Gasteiger partial charge on any atom is -0.496 e. The summed E-state index contributed by atoms with van der Waals surface area (Å²) >= 11 is 6.19. The van der Waals surface area contributed by atoms with Crippen LogP contribution >= 0.6 is 11.6 Å². The molecule has 0 saturated heterocycles. The lowest BCUT2D eigenvalue weighted by molar-refractivity contribution is -0.136. The average Bonchev–Trinajstić information content (AvgIpc) is 2.90. The molecule has 0 spiro atoms. The summed E-state index contributed by atoms with van der Waals surface area (Å²) in [5, 5.41) is 3.68. The van der Waals surface area contributed by atoms with E-state index in [1.165, 1.54) is 13.2 Å². The number of amides is 2. The maximum atomic E-state index is 13.0. The highest BCUT2D eigenvalue weighted by molar-refractivity contribution is 6.37. The number of halogens is 1. The van der Waals surface area contributed by atoms with Crippen LogP contribution in [-0.4, -0.2) is 30.4 Å². The number of anilines is 1. The van der Waals surface area contributed by atoms with Crippen molar-refractivity contribution < 1.29 is 14.3 Å². The summed E-state index contributed by atoms with van der Waals surface area (Å²) in [6.07, 6.45) is 1.52. The van der Waals surface area contributed by atoms with Gasteiger partial charge in [-0.25, -0.2) is 0 Å². The Morgan fingerprint density at radius 2 is 1.89 bits per heavy atom. The number of nitrogens with one attached hydrogen (secondary N) is 1. The van der Waals surface area contributed by atoms with Crippen LogP contribution in [-0.2, 0) is 9.59 Å². The van der Waals surface area contributed by atoms with E-state index in [0.29, 0.717) is 22.0 Å². The molecule has 1 aliphatic heterocycles. The van der Waals surface area contributed by atoms with Crippen molar-refractivity contribution in [2.75, 3.05) is 19.0 Å². The minimum atomic E-state index is -0.416. The standard InChI is InChI=1S/C21H19ClN2O3/c1-4-12-24-20(25)18(14-8-5-6-11-17(14)27-3)19(21(24)26)23-16-10-7-9-15(22)13(16)2/h4-11,23H,1,12H2,2-3H3. The molecule has 0 saturated carbocycles. The van der Waals surface area contributed by atoms with Gasteiger partial charge in [-0.2, -0.15) is 0 Å². The molecule has 2 aromatic rings. The second-order valence-corrected chi connectivity index (χ2v) is 6.40. The lowest BCUT2D eigenvalue weighted by Gasteiger charge is -2.13. The van der Waals surface area contributed by atoms with Gasteiger partial charge in [0.25, 0.3) is 11.8 Å². The highest BCUT2D eigenvalue weighted by Crippen LogP contribution is 2.36. The van der Waals surface area contributed by atoms with Crippen LogP contribution in [0.2, 0.25) is 5.02 Å². The zero-order valence-electron chi connectivity index (χ0n) is 15.1. The SMILES string of the molecule is C=CCN1C(=O)C(Nc2cccc(Cl)c2C)=C(c2ccccc2OC)C1=O. The molecule has 0 aromatic heterocycles. The molecule has 2 aromatic carbocycles. The van der Waals surface area contributed by atoms with Gasteiger partial charge in [0.05, 0.1) is 12.7 Å². The van der Waals surface area contributed by atoms with Crippen LogP contribution in [0.4, 0.5) is 5.69 Å². The molecule has 1 heterocycles. The van der Waals surface area contributed by atoms with Crippen LogP contribution in [0.1, 0.15) is 11.1 Å². The van der Waals surface area contributed by atoms with E-state index in [4.69, 9.17) is 16.3 Å². The molecule has 0 atom stereocenters. The molecule has 0 bridgehead atoms. The van der Waals surface area contributed by atoms with E-state index in [1.807, 2.05) is 13.0 Å².